The van der Waals surface area contributed by atoms with Crippen molar-refractivity contribution in [2.24, 2.45) is 0 Å². The Balaban J connectivity index is 3.05. The topological polar surface area (TPSA) is 12.9 Å². The van der Waals surface area contributed by atoms with Crippen LogP contribution in [0.2, 0.25) is 0 Å². The fourth-order valence-electron chi connectivity index (χ4n) is 0.204. The van der Waals surface area contributed by atoms with Gasteiger partial charge in [0.05, 0.1) is 0 Å². The van der Waals surface area contributed by atoms with E-state index in [1.165, 1.54) is 11.3 Å². The minimum Gasteiger partial charge on any atom is -0.426 e. The van der Waals surface area contributed by atoms with Gasteiger partial charge in [0.15, 0.2) is 0 Å². The summed E-state index contributed by atoms with van der Waals surface area (Å²) in [5.41, 5.74) is 1.72. The molecule has 0 aliphatic heterocycles. The van der Waals surface area contributed by atoms with Crippen LogP contribution in [0.25, 0.3) is 0 Å². The van der Waals surface area contributed by atoms with Gasteiger partial charge in [0.1, 0.15) is 0 Å². The number of nitrogens with zero attached hydrogens (tertiary/aromatic N) is 1. The summed E-state index contributed by atoms with van der Waals surface area (Å²) in [6, 6.07) is 0. The number of hydrogen-bond donors (Lipinski definition) is 0. The van der Waals surface area contributed by atoms with E-state index in [0.29, 0.717) is 0 Å². The van der Waals surface area contributed by atoms with Crippen LogP contribution in [-0.2, 0) is 12.6 Å². The molecule has 0 atom stereocenters. The summed E-state index contributed by atoms with van der Waals surface area (Å²) in [6.07, 6.45) is 1.67. The third kappa shape index (κ3) is 0.666. The molecule has 1 rings (SSSR count). The van der Waals surface area contributed by atoms with Crippen LogP contribution in [0.1, 0.15) is 0 Å². The number of aromatic nitrogens is 1. The first-order valence-electron chi connectivity index (χ1n) is 1.45. The van der Waals surface area contributed by atoms with E-state index in [4.69, 9.17) is 12.6 Å². The maximum Gasteiger partial charge on any atom is 0.0143 e. The zero-order valence-corrected chi connectivity index (χ0v) is 4.55. The Kier molecular flexibility index (Phi) is 1.03. The van der Waals surface area contributed by atoms with Gasteiger partial charge in [-0.15, -0.1) is 4.21 Å². The summed E-state index contributed by atoms with van der Waals surface area (Å²) in [6.45, 7) is 0. The van der Waals surface area contributed by atoms with Gasteiger partial charge >= 0.3 is 0 Å². The van der Waals surface area contributed by atoms with Gasteiger partial charge in [0, 0.05) is 6.20 Å². The van der Waals surface area contributed by atoms with Crippen LogP contribution in [0.15, 0.2) is 15.9 Å². The molecular weight excluding hydrogens is 114 g/mol. The molecular formula is C3H2NS2-. The van der Waals surface area contributed by atoms with E-state index < -0.39 is 0 Å². The SMILES string of the molecule is [S-]c1cncs1. The molecule has 0 radical (unpaired) electrons. The van der Waals surface area contributed by atoms with Crippen molar-refractivity contribution in [2.75, 3.05) is 0 Å². The Morgan fingerprint density at radius 1 is 1.83 bits per heavy atom. The zero-order valence-electron chi connectivity index (χ0n) is 2.92. The van der Waals surface area contributed by atoms with Gasteiger partial charge < -0.3 is 24.0 Å². The Bertz CT molecular complexity index is 112. The molecule has 0 spiro atoms. The average molecular weight is 116 g/mol. The van der Waals surface area contributed by atoms with Gasteiger partial charge in [0.25, 0.3) is 0 Å². The van der Waals surface area contributed by atoms with Crippen molar-refractivity contribution < 1.29 is 0 Å². The first-order valence-corrected chi connectivity index (χ1v) is 2.74. The molecule has 1 nitrogen and oxygen atoms in total. The highest BCUT2D eigenvalue weighted by atomic mass is 32.2. The van der Waals surface area contributed by atoms with Crippen molar-refractivity contribution in [2.45, 2.75) is 4.21 Å². The molecule has 1 heterocycles. The smallest absolute Gasteiger partial charge is 0.0143 e. The second-order valence-electron chi connectivity index (χ2n) is 0.820. The summed E-state index contributed by atoms with van der Waals surface area (Å²) in [5, 5.41) is 0. The van der Waals surface area contributed by atoms with E-state index in [0.717, 1.165) is 4.21 Å². The van der Waals surface area contributed by atoms with Crippen molar-refractivity contribution in [3.8, 4) is 0 Å². The van der Waals surface area contributed by atoms with Crippen molar-refractivity contribution >= 4 is 24.0 Å². The maximum atomic E-state index is 4.70. The first kappa shape index (κ1) is 4.02. The van der Waals surface area contributed by atoms with Crippen LogP contribution in [0, 0.1) is 0 Å². The molecule has 0 aromatic carbocycles. The minimum atomic E-state index is 0.856. The van der Waals surface area contributed by atoms with Crippen LogP contribution in [0.5, 0.6) is 0 Å². The van der Waals surface area contributed by atoms with Crippen molar-refractivity contribution in [1.29, 1.82) is 0 Å². The average Bonchev–Trinajstić information content (AvgIpc) is 1.86. The molecule has 0 aliphatic rings. The van der Waals surface area contributed by atoms with Gasteiger partial charge in [-0.25, -0.2) is 0 Å². The lowest BCUT2D eigenvalue weighted by Gasteiger charge is -1.81. The Morgan fingerprint density at radius 3 is 2.83 bits per heavy atom. The van der Waals surface area contributed by atoms with E-state index >= 15 is 0 Å². The predicted molar refractivity (Wildman–Crippen MR) is 27.7 cm³/mol. The summed E-state index contributed by atoms with van der Waals surface area (Å²) in [7, 11) is 0. The lowest BCUT2D eigenvalue weighted by molar-refractivity contribution is 1.38. The molecule has 0 N–H and O–H groups in total. The molecule has 1 aromatic heterocycles. The summed E-state index contributed by atoms with van der Waals surface area (Å²) < 4.78 is 0.856. The van der Waals surface area contributed by atoms with Crippen LogP contribution in [0.4, 0.5) is 0 Å². The van der Waals surface area contributed by atoms with Gasteiger partial charge in [-0.1, -0.05) is 0 Å². The molecule has 3 heteroatoms. The highest BCUT2D eigenvalue weighted by molar-refractivity contribution is 7.62. The van der Waals surface area contributed by atoms with Gasteiger partial charge in [-0.3, -0.25) is 4.98 Å². The molecule has 0 fully saturated rings. The molecule has 1 aromatic rings. The lowest BCUT2D eigenvalue weighted by Crippen LogP contribution is -1.48. The van der Waals surface area contributed by atoms with Crippen LogP contribution >= 0.6 is 11.3 Å². The first-order chi connectivity index (χ1) is 2.89. The number of thiazole rings is 1. The Hall–Kier alpha value is -0.150. The van der Waals surface area contributed by atoms with Crippen LogP contribution < -0.4 is 0 Å². The second-order valence-corrected chi connectivity index (χ2v) is 2.41. The summed E-state index contributed by atoms with van der Waals surface area (Å²) in [4.78, 5) is 3.74. The van der Waals surface area contributed by atoms with E-state index in [1.807, 2.05) is 0 Å². The standard InChI is InChI=1S/C3H3NS2/c5-3-1-4-2-6-3/h1-2,5H/p-1. The summed E-state index contributed by atoms with van der Waals surface area (Å²) in [5.74, 6) is 0. The molecule has 32 valence electrons. The quantitative estimate of drug-likeness (QED) is 0.470. The number of rotatable bonds is 0. The highest BCUT2D eigenvalue weighted by Gasteiger charge is 1.63. The third-order valence-corrected chi connectivity index (χ3v) is 1.37. The van der Waals surface area contributed by atoms with Crippen molar-refractivity contribution in [3.05, 3.63) is 11.7 Å². The maximum absolute atomic E-state index is 4.70. The largest absolute Gasteiger partial charge is 0.426 e. The van der Waals surface area contributed by atoms with Gasteiger partial charge in [-0.05, 0) is 5.51 Å². The van der Waals surface area contributed by atoms with E-state index in [1.54, 1.807) is 11.7 Å². The van der Waals surface area contributed by atoms with Crippen LogP contribution in [-0.4, -0.2) is 4.98 Å². The van der Waals surface area contributed by atoms with E-state index in [9.17, 15) is 0 Å². The highest BCUT2D eigenvalue weighted by Crippen LogP contribution is 2.00. The van der Waals surface area contributed by atoms with Gasteiger partial charge in [0.2, 0.25) is 0 Å². The van der Waals surface area contributed by atoms with Crippen molar-refractivity contribution in [3.63, 3.8) is 0 Å². The Morgan fingerprint density at radius 2 is 2.67 bits per heavy atom. The van der Waals surface area contributed by atoms with Gasteiger partial charge in [-0.2, -0.15) is 0 Å². The molecule has 0 saturated carbocycles. The monoisotopic (exact) mass is 116 g/mol. The number of hydrogen-bond acceptors (Lipinski definition) is 3. The normalized spacial score (nSPS) is 8.67. The minimum absolute atomic E-state index is 0.856. The fraction of sp³-hybridized carbons (Fsp3) is 0. The van der Waals surface area contributed by atoms with E-state index in [-0.39, 0.29) is 0 Å². The zero-order chi connectivity index (χ0) is 4.41. The fourth-order valence-corrected chi connectivity index (χ4v) is 0.741. The molecule has 0 aliphatic carbocycles. The molecule has 0 unspecified atom stereocenters. The predicted octanol–water partition coefficient (Wildman–Crippen LogP) is 1.05. The van der Waals surface area contributed by atoms with E-state index in [2.05, 4.69) is 4.98 Å². The third-order valence-electron chi connectivity index (χ3n) is 0.410. The molecule has 6 heavy (non-hydrogen) atoms. The summed E-state index contributed by atoms with van der Waals surface area (Å²) >= 11 is 6.18. The van der Waals surface area contributed by atoms with Crippen molar-refractivity contribution in [1.82, 2.24) is 4.98 Å². The Labute approximate surface area is 45.4 Å². The molecule has 0 amide bonds. The second kappa shape index (κ2) is 1.53. The molecule has 0 bridgehead atoms. The van der Waals surface area contributed by atoms with Crippen LogP contribution in [0.3, 0.4) is 0 Å². The molecule has 0 saturated heterocycles. The lowest BCUT2D eigenvalue weighted by atomic mass is 11.0.